The normalized spacial score (nSPS) is 18.2. The molecule has 0 spiro atoms. The molecule has 0 saturated carbocycles. The van der Waals surface area contributed by atoms with Gasteiger partial charge in [-0.25, -0.2) is 0 Å². The number of hydrogen-bond donors (Lipinski definition) is 2. The second-order valence-corrected chi connectivity index (χ2v) is 7.75. The van der Waals surface area contributed by atoms with Crippen LogP contribution >= 0.6 is 11.8 Å². The van der Waals surface area contributed by atoms with Gasteiger partial charge in [-0.2, -0.15) is 26.3 Å². The molecule has 1 aromatic carbocycles. The fourth-order valence-electron chi connectivity index (χ4n) is 2.95. The molecular formula is C18H22F6N2OS. The van der Waals surface area contributed by atoms with E-state index in [1.54, 1.807) is 0 Å². The highest BCUT2D eigenvalue weighted by Crippen LogP contribution is 2.34. The van der Waals surface area contributed by atoms with E-state index in [0.717, 1.165) is 12.1 Å². The van der Waals surface area contributed by atoms with E-state index in [4.69, 9.17) is 5.73 Å². The van der Waals surface area contributed by atoms with Gasteiger partial charge in [0.1, 0.15) is 0 Å². The van der Waals surface area contributed by atoms with Crippen LogP contribution < -0.4 is 5.73 Å². The molecule has 3 N–H and O–H groups in total. The maximum Gasteiger partial charge on any atom is 0.416 e. The third kappa shape index (κ3) is 6.59. The zero-order valence-corrected chi connectivity index (χ0v) is 15.8. The quantitative estimate of drug-likeness (QED) is 0.661. The summed E-state index contributed by atoms with van der Waals surface area (Å²) in [7, 11) is 0. The van der Waals surface area contributed by atoms with E-state index in [-0.39, 0.29) is 39.1 Å². The van der Waals surface area contributed by atoms with Gasteiger partial charge in [-0.05, 0) is 43.6 Å². The molecule has 1 heterocycles. The maximum atomic E-state index is 12.7. The molecule has 1 aliphatic rings. The molecule has 158 valence electrons. The lowest BCUT2D eigenvalue weighted by atomic mass is 9.96. The van der Waals surface area contributed by atoms with Gasteiger partial charge in [-0.3, -0.25) is 4.90 Å². The third-order valence-corrected chi connectivity index (χ3v) is 5.86. The molecule has 1 fully saturated rings. The molecule has 1 aliphatic heterocycles. The van der Waals surface area contributed by atoms with Crippen LogP contribution in [0.3, 0.4) is 0 Å². The van der Waals surface area contributed by atoms with Crippen molar-refractivity contribution in [2.24, 2.45) is 11.7 Å². The second-order valence-electron chi connectivity index (χ2n) is 6.68. The van der Waals surface area contributed by atoms with E-state index in [0.29, 0.717) is 21.9 Å². The second kappa shape index (κ2) is 9.41. The molecule has 0 amide bonds. The van der Waals surface area contributed by atoms with Crippen molar-refractivity contribution in [2.45, 2.75) is 30.9 Å². The van der Waals surface area contributed by atoms with E-state index in [9.17, 15) is 31.4 Å². The molecule has 10 heteroatoms. The Kier molecular flexibility index (Phi) is 7.69. The summed E-state index contributed by atoms with van der Waals surface area (Å²) in [4.78, 5) is 2.28. The molecule has 0 unspecified atom stereocenters. The van der Waals surface area contributed by atoms with Crippen LogP contribution in [0.15, 0.2) is 34.9 Å². The molecule has 0 aromatic heterocycles. The van der Waals surface area contributed by atoms with Crippen LogP contribution in [-0.2, 0) is 11.9 Å². The van der Waals surface area contributed by atoms with Gasteiger partial charge in [-0.15, -0.1) is 11.8 Å². The highest BCUT2D eigenvalue weighted by atomic mass is 32.2. The Morgan fingerprint density at radius 3 is 2.11 bits per heavy atom. The summed E-state index contributed by atoms with van der Waals surface area (Å²) < 4.78 is 75.9. The Morgan fingerprint density at radius 1 is 1.07 bits per heavy atom. The lowest BCUT2D eigenvalue weighted by Crippen LogP contribution is -2.40. The number of alkyl halides is 6. The van der Waals surface area contributed by atoms with Gasteiger partial charge in [0, 0.05) is 22.9 Å². The number of halogens is 6. The first-order valence-electron chi connectivity index (χ1n) is 8.67. The van der Waals surface area contributed by atoms with E-state index >= 15 is 0 Å². The van der Waals surface area contributed by atoms with Crippen LogP contribution in [0.25, 0.3) is 0 Å². The monoisotopic (exact) mass is 428 g/mol. The van der Waals surface area contributed by atoms with Gasteiger partial charge in [0.2, 0.25) is 0 Å². The van der Waals surface area contributed by atoms with E-state index in [2.05, 4.69) is 0 Å². The van der Waals surface area contributed by atoms with Gasteiger partial charge in [0.25, 0.3) is 0 Å². The number of likely N-dealkylation sites (tertiary alicyclic amines) is 1. The number of nitrogens with zero attached hydrogens (tertiary/aromatic N) is 1. The zero-order valence-electron chi connectivity index (χ0n) is 15.0. The molecule has 1 aromatic rings. The van der Waals surface area contributed by atoms with Gasteiger partial charge < -0.3 is 10.8 Å². The highest BCUT2D eigenvalue weighted by Gasteiger charge is 2.41. The SMILES string of the molecule is N/C(CN1CCC(C(F)(F)F)CC1)=C(/CO)SCc1ccc(C(F)(F)F)cc1. The molecule has 1 saturated heterocycles. The average Bonchev–Trinajstić information content (AvgIpc) is 2.61. The lowest BCUT2D eigenvalue weighted by molar-refractivity contribution is -0.184. The Labute approximate surface area is 163 Å². The van der Waals surface area contributed by atoms with Crippen molar-refractivity contribution in [1.82, 2.24) is 4.90 Å². The number of rotatable bonds is 6. The van der Waals surface area contributed by atoms with Gasteiger partial charge in [-0.1, -0.05) is 12.1 Å². The molecule has 0 bridgehead atoms. The van der Waals surface area contributed by atoms with Crippen LogP contribution in [-0.4, -0.2) is 42.4 Å². The third-order valence-electron chi connectivity index (χ3n) is 4.64. The van der Waals surface area contributed by atoms with E-state index in [1.165, 1.54) is 23.9 Å². The van der Waals surface area contributed by atoms with Crippen LogP contribution in [0.5, 0.6) is 0 Å². The summed E-state index contributed by atoms with van der Waals surface area (Å²) in [6, 6.07) is 4.71. The molecule has 0 radical (unpaired) electrons. The molecule has 0 aliphatic carbocycles. The number of aliphatic hydroxyl groups excluding tert-OH is 1. The minimum atomic E-state index is -4.40. The molecule has 0 atom stereocenters. The Balaban J connectivity index is 1.90. The molecule has 2 rings (SSSR count). The van der Waals surface area contributed by atoms with Crippen LogP contribution in [0.4, 0.5) is 26.3 Å². The number of nitrogens with two attached hydrogens (primary N) is 1. The topological polar surface area (TPSA) is 49.5 Å². The number of piperidine rings is 1. The van der Waals surface area contributed by atoms with Gasteiger partial charge >= 0.3 is 12.4 Å². The van der Waals surface area contributed by atoms with Crippen LogP contribution in [0.1, 0.15) is 24.0 Å². The highest BCUT2D eigenvalue weighted by molar-refractivity contribution is 8.02. The summed E-state index contributed by atoms with van der Waals surface area (Å²) in [5.41, 5.74) is 6.28. The van der Waals surface area contributed by atoms with Crippen molar-refractivity contribution in [1.29, 1.82) is 0 Å². The van der Waals surface area contributed by atoms with Crippen molar-refractivity contribution >= 4 is 11.8 Å². The van der Waals surface area contributed by atoms with Crippen molar-refractivity contribution in [3.8, 4) is 0 Å². The van der Waals surface area contributed by atoms with Crippen LogP contribution in [0, 0.1) is 5.92 Å². The zero-order chi connectivity index (χ0) is 20.9. The van der Waals surface area contributed by atoms with Crippen molar-refractivity contribution in [3.05, 3.63) is 46.0 Å². The summed E-state index contributed by atoms with van der Waals surface area (Å²) in [6.45, 7) is 0.455. The summed E-state index contributed by atoms with van der Waals surface area (Å²) in [5, 5.41) is 9.53. The number of thioether (sulfide) groups is 1. The smallest absolute Gasteiger partial charge is 0.400 e. The minimum absolute atomic E-state index is 0.0178. The number of benzene rings is 1. The molecular weight excluding hydrogens is 406 g/mol. The van der Waals surface area contributed by atoms with E-state index < -0.39 is 23.8 Å². The summed E-state index contributed by atoms with van der Waals surface area (Å²) in [5.74, 6) is -0.967. The van der Waals surface area contributed by atoms with Crippen molar-refractivity contribution < 1.29 is 31.4 Å². The Hall–Kier alpha value is -1.39. The predicted octanol–water partition coefficient (Wildman–Crippen LogP) is 4.38. The Bertz CT molecular complexity index is 664. The average molecular weight is 428 g/mol. The first kappa shape index (κ1) is 22.9. The summed E-state index contributed by atoms with van der Waals surface area (Å²) >= 11 is 1.21. The number of aliphatic hydroxyl groups is 1. The van der Waals surface area contributed by atoms with Crippen molar-refractivity contribution in [3.63, 3.8) is 0 Å². The Morgan fingerprint density at radius 2 is 1.64 bits per heavy atom. The lowest BCUT2D eigenvalue weighted by Gasteiger charge is -2.33. The van der Waals surface area contributed by atoms with E-state index in [1.807, 2.05) is 4.90 Å². The minimum Gasteiger partial charge on any atom is -0.400 e. The fourth-order valence-corrected chi connectivity index (χ4v) is 3.82. The van der Waals surface area contributed by atoms with Gasteiger partial charge in [0.15, 0.2) is 0 Å². The summed E-state index contributed by atoms with van der Waals surface area (Å²) in [6.07, 6.45) is -8.54. The largest absolute Gasteiger partial charge is 0.416 e. The fraction of sp³-hybridized carbons (Fsp3) is 0.556. The maximum absolute atomic E-state index is 12.7. The van der Waals surface area contributed by atoms with Gasteiger partial charge in [0.05, 0.1) is 18.1 Å². The first-order valence-corrected chi connectivity index (χ1v) is 9.65. The predicted molar refractivity (Wildman–Crippen MR) is 96.3 cm³/mol. The number of hydrogen-bond acceptors (Lipinski definition) is 4. The molecule has 28 heavy (non-hydrogen) atoms. The standard InChI is InChI=1S/C18H22F6N2OS/c19-17(20,21)13-3-1-12(2-4-13)11-28-16(10-27)15(25)9-26-7-5-14(6-8-26)18(22,23)24/h1-4,14,27H,5-11,25H2/b16-15-. The molecule has 3 nitrogen and oxygen atoms in total. The first-order chi connectivity index (χ1) is 13.0. The van der Waals surface area contributed by atoms with Crippen molar-refractivity contribution in [2.75, 3.05) is 26.2 Å². The van der Waals surface area contributed by atoms with Crippen LogP contribution in [0.2, 0.25) is 0 Å².